The smallest absolute Gasteiger partial charge is 0.326 e. The van der Waals surface area contributed by atoms with Crippen LogP contribution < -0.4 is 70.8 Å². The van der Waals surface area contributed by atoms with Gasteiger partial charge < -0.3 is 96.3 Å². The fourth-order valence-corrected chi connectivity index (χ4v) is 8.00. The fourth-order valence-electron chi connectivity index (χ4n) is 8.00. The summed E-state index contributed by atoms with van der Waals surface area (Å²) in [6.07, 6.45) is 0.108. The number of hydrogen-bond donors (Lipinski definition) is 19. The number of hydrogen-bond acceptors (Lipinski definition) is 17. The number of carboxylic acids is 1. The van der Waals surface area contributed by atoms with E-state index in [0.29, 0.717) is 43.4 Å². The molecule has 2 aromatic carbocycles. The van der Waals surface area contributed by atoms with Gasteiger partial charge in [0, 0.05) is 13.0 Å². The van der Waals surface area contributed by atoms with Gasteiger partial charge in [-0.25, -0.2) is 4.79 Å². The molecule has 0 aromatic heterocycles. The van der Waals surface area contributed by atoms with E-state index in [1.165, 1.54) is 12.1 Å². The Morgan fingerprint density at radius 3 is 1.40 bits per heavy atom. The van der Waals surface area contributed by atoms with Gasteiger partial charge in [0.1, 0.15) is 54.1 Å². The Labute approximate surface area is 465 Å². The molecule has 0 bridgehead atoms. The Bertz CT molecular complexity index is 2310. The minimum absolute atomic E-state index is 0.00784. The number of unbranched alkanes of at least 4 members (excludes halogenated alkanes) is 2. The number of amides is 8. The lowest BCUT2D eigenvalue weighted by Crippen LogP contribution is -2.62. The molecule has 2 aromatic rings. The third-order valence-electron chi connectivity index (χ3n) is 12.4. The zero-order valence-electron chi connectivity index (χ0n) is 45.6. The lowest BCUT2D eigenvalue weighted by atomic mass is 10.00. The summed E-state index contributed by atoms with van der Waals surface area (Å²) >= 11 is 0. The van der Waals surface area contributed by atoms with Crippen molar-refractivity contribution in [3.05, 3.63) is 65.7 Å². The summed E-state index contributed by atoms with van der Waals surface area (Å²) in [5.74, 6) is -9.66. The van der Waals surface area contributed by atoms with Crippen molar-refractivity contribution >= 4 is 59.2 Å². The van der Waals surface area contributed by atoms with E-state index in [0.717, 1.165) is 6.92 Å². The lowest BCUT2D eigenvalue weighted by Gasteiger charge is -2.29. The molecule has 0 radical (unpaired) electrons. The second-order valence-electron chi connectivity index (χ2n) is 19.7. The molecule has 0 aliphatic carbocycles. The predicted octanol–water partition coefficient (Wildman–Crippen LogP) is -4.60. The van der Waals surface area contributed by atoms with E-state index in [4.69, 9.17) is 28.3 Å². The first-order valence-corrected chi connectivity index (χ1v) is 26.6. The topological polar surface area (TPSA) is 491 Å². The number of carbonyl (C=O) groups excluding carboxylic acids is 8. The fraction of sp³-hybridized carbons (Fsp3) is 0.577. The number of guanidine groups is 1. The molecule has 2 rings (SSSR count). The third kappa shape index (κ3) is 25.5. The molecule has 10 atom stereocenters. The summed E-state index contributed by atoms with van der Waals surface area (Å²) in [7, 11) is 0. The summed E-state index contributed by atoms with van der Waals surface area (Å²) in [5, 5.41) is 79.9. The molecule has 0 unspecified atom stereocenters. The second kappa shape index (κ2) is 36.6. The van der Waals surface area contributed by atoms with Crippen molar-refractivity contribution in [2.75, 3.05) is 32.8 Å². The number of rotatable bonds is 38. The number of aliphatic hydroxyl groups is 3. The van der Waals surface area contributed by atoms with Gasteiger partial charge in [-0.1, -0.05) is 56.3 Å². The summed E-state index contributed by atoms with van der Waals surface area (Å²) < 4.78 is 0. The molecule has 23 N–H and O–H groups in total. The Kier molecular flexibility index (Phi) is 31.4. The molecule has 0 aliphatic heterocycles. The van der Waals surface area contributed by atoms with Gasteiger partial charge in [0.05, 0.1) is 25.4 Å². The number of phenolic OH excluding ortho intramolecular Hbond substituents is 1. The average molecular weight is 1130 g/mol. The quantitative estimate of drug-likeness (QED) is 0.0171. The van der Waals surface area contributed by atoms with Crippen LogP contribution >= 0.6 is 0 Å². The van der Waals surface area contributed by atoms with Gasteiger partial charge in [-0.05, 0) is 113 Å². The van der Waals surface area contributed by atoms with E-state index in [1.54, 1.807) is 56.3 Å². The molecule has 28 nitrogen and oxygen atoms in total. The normalized spacial score (nSPS) is 14.9. The summed E-state index contributed by atoms with van der Waals surface area (Å²) in [6.45, 7) is 3.11. The number of aliphatic carboxylic acids is 1. The highest BCUT2D eigenvalue weighted by Crippen LogP contribution is 2.14. The number of benzene rings is 2. The molecular formula is C52H84N14O14. The predicted molar refractivity (Wildman–Crippen MR) is 293 cm³/mol. The van der Waals surface area contributed by atoms with E-state index >= 15 is 0 Å². The highest BCUT2D eigenvalue weighted by atomic mass is 16.4. The Morgan fingerprint density at radius 1 is 0.525 bits per heavy atom. The largest absolute Gasteiger partial charge is 0.508 e. The van der Waals surface area contributed by atoms with Crippen molar-refractivity contribution in [3.63, 3.8) is 0 Å². The van der Waals surface area contributed by atoms with Crippen molar-refractivity contribution in [1.29, 1.82) is 5.41 Å². The monoisotopic (exact) mass is 1130 g/mol. The van der Waals surface area contributed by atoms with Crippen LogP contribution in [-0.4, -0.2) is 178 Å². The summed E-state index contributed by atoms with van der Waals surface area (Å²) in [4.78, 5) is 122. The van der Waals surface area contributed by atoms with Crippen LogP contribution in [0.2, 0.25) is 0 Å². The van der Waals surface area contributed by atoms with E-state index in [-0.39, 0.29) is 69.7 Å². The Balaban J connectivity index is 2.34. The zero-order chi connectivity index (χ0) is 59.9. The first-order valence-electron chi connectivity index (χ1n) is 26.6. The van der Waals surface area contributed by atoms with Crippen LogP contribution in [0.25, 0.3) is 0 Å². The highest BCUT2D eigenvalue weighted by molar-refractivity contribution is 5.98. The third-order valence-corrected chi connectivity index (χ3v) is 12.4. The number of nitrogens with one attached hydrogen (secondary N) is 10. The van der Waals surface area contributed by atoms with E-state index in [1.807, 2.05) is 0 Å². The van der Waals surface area contributed by atoms with Gasteiger partial charge in [-0.2, -0.15) is 0 Å². The van der Waals surface area contributed by atoms with Crippen LogP contribution in [0.5, 0.6) is 5.75 Å². The molecule has 0 aliphatic rings. The average Bonchev–Trinajstić information content (AvgIpc) is 3.40. The first-order chi connectivity index (χ1) is 37.9. The van der Waals surface area contributed by atoms with Gasteiger partial charge >= 0.3 is 5.97 Å². The second-order valence-corrected chi connectivity index (χ2v) is 19.7. The molecule has 446 valence electrons. The van der Waals surface area contributed by atoms with Crippen LogP contribution in [0.1, 0.15) is 89.7 Å². The van der Waals surface area contributed by atoms with E-state index in [9.17, 15) is 68.7 Å². The zero-order valence-corrected chi connectivity index (χ0v) is 45.6. The van der Waals surface area contributed by atoms with Crippen molar-refractivity contribution in [3.8, 4) is 5.75 Å². The van der Waals surface area contributed by atoms with Crippen LogP contribution in [0.15, 0.2) is 54.6 Å². The molecule has 8 amide bonds. The molecule has 0 fully saturated rings. The molecular weight excluding hydrogens is 1040 g/mol. The van der Waals surface area contributed by atoms with Crippen LogP contribution in [-0.2, 0) is 56.0 Å². The van der Waals surface area contributed by atoms with Gasteiger partial charge in [-0.3, -0.25) is 43.8 Å². The van der Waals surface area contributed by atoms with Crippen LogP contribution in [0.3, 0.4) is 0 Å². The Hall–Kier alpha value is -7.50. The number of aliphatic hydroxyl groups excluding tert-OH is 3. The van der Waals surface area contributed by atoms with Gasteiger partial charge in [0.2, 0.25) is 47.3 Å². The van der Waals surface area contributed by atoms with Crippen molar-refractivity contribution in [2.24, 2.45) is 28.9 Å². The molecule has 0 saturated heterocycles. The molecule has 80 heavy (non-hydrogen) atoms. The number of phenols is 1. The van der Waals surface area contributed by atoms with Crippen molar-refractivity contribution in [2.45, 2.75) is 152 Å². The number of carboxylic acid groups (broad SMARTS) is 1. The Morgan fingerprint density at radius 2 is 0.938 bits per heavy atom. The SMILES string of the molecule is CC(C)C[C@H](NC(=O)[C@H](CCCCN)NC(=O)[C@H](CCCCN)NC(=O)[C@@H](N)Cc1ccc(O)cc1)C(=O)N[C@@H](CCCNC(=N)N)C(=O)N[C@H](C(=O)N[C@@H](CO)C(=O)N[C@@H](CO)C(=O)N[C@@H](Cc1ccccc1)C(=O)O)[C@@H](C)O. The molecule has 28 heteroatoms. The van der Waals surface area contributed by atoms with Crippen LogP contribution in [0.4, 0.5) is 0 Å². The lowest BCUT2D eigenvalue weighted by molar-refractivity contribution is -0.142. The first kappa shape index (κ1) is 68.6. The molecule has 0 spiro atoms. The van der Waals surface area contributed by atoms with E-state index < -0.39 is 133 Å². The number of nitrogens with two attached hydrogens (primary N) is 4. The van der Waals surface area contributed by atoms with Gasteiger partial charge in [0.25, 0.3) is 0 Å². The number of carbonyl (C=O) groups is 9. The molecule has 0 saturated carbocycles. The maximum absolute atomic E-state index is 14.3. The number of aromatic hydroxyl groups is 1. The van der Waals surface area contributed by atoms with Crippen LogP contribution in [0, 0.1) is 11.3 Å². The van der Waals surface area contributed by atoms with Gasteiger partial charge in [-0.15, -0.1) is 0 Å². The minimum Gasteiger partial charge on any atom is -0.508 e. The minimum atomic E-state index is -1.87. The highest BCUT2D eigenvalue weighted by Gasteiger charge is 2.36. The molecule has 0 heterocycles. The summed E-state index contributed by atoms with van der Waals surface area (Å²) in [5.41, 5.74) is 24.3. The maximum Gasteiger partial charge on any atom is 0.326 e. The summed E-state index contributed by atoms with van der Waals surface area (Å²) in [6, 6.07) is 1.07. The van der Waals surface area contributed by atoms with Crippen molar-refractivity contribution < 1.29 is 68.7 Å². The standard InChI is InChI=1S/C52H84N14O14/c1-29(2)24-38(62-45(73)36(15-8-10-22-54)60-44(72)35(14-7-9-21-53)59-43(71)34(55)25-32-17-19-33(70)20-18-32)47(75)61-37(16-11-23-58-52(56)57)46(74)66-42(30(3)69)50(78)65-41(28-68)49(77)64-40(27-67)48(76)63-39(51(79)80)26-31-12-5-4-6-13-31/h4-6,12-13,17-20,29-30,34-42,67-70H,7-11,14-16,21-28,53-55H2,1-3H3,(H,59,71)(H,60,72)(H,61,75)(H,62,73)(H,63,76)(H,64,77)(H,65,78)(H,66,74)(H,79,80)(H4,56,57,58)/t30-,34+,35+,36+,37+,38+,39+,40+,41+,42+/m1/s1. The van der Waals surface area contributed by atoms with E-state index in [2.05, 4.69) is 47.9 Å². The van der Waals surface area contributed by atoms with Gasteiger partial charge in [0.15, 0.2) is 5.96 Å². The maximum atomic E-state index is 14.3. The van der Waals surface area contributed by atoms with Crippen molar-refractivity contribution in [1.82, 2.24) is 47.9 Å².